The van der Waals surface area contributed by atoms with Gasteiger partial charge in [-0.15, -0.1) is 0 Å². The highest BCUT2D eigenvalue weighted by molar-refractivity contribution is 6.04. The smallest absolute Gasteiger partial charge is 0.326 e. The van der Waals surface area contributed by atoms with E-state index in [4.69, 9.17) is 9.47 Å². The molecule has 1 fully saturated rings. The van der Waals surface area contributed by atoms with Gasteiger partial charge in [0.2, 0.25) is 0 Å². The second-order valence-corrected chi connectivity index (χ2v) is 8.62. The van der Waals surface area contributed by atoms with Crippen molar-refractivity contribution >= 4 is 23.1 Å². The molecule has 2 N–H and O–H groups in total. The summed E-state index contributed by atoms with van der Waals surface area (Å²) in [5.41, 5.74) is 2.10. The number of hydrogen-bond acceptors (Lipinski definition) is 6. The fourth-order valence-corrected chi connectivity index (χ4v) is 4.68. The number of aromatic hydroxyl groups is 1. The third-order valence-corrected chi connectivity index (χ3v) is 6.46. The van der Waals surface area contributed by atoms with E-state index < -0.39 is 0 Å². The Morgan fingerprint density at radius 3 is 2.46 bits per heavy atom. The molecular weight excluding hydrogens is 444 g/mol. The maximum absolute atomic E-state index is 13.2. The highest BCUT2D eigenvalue weighted by Crippen LogP contribution is 2.50. The number of para-hydroxylation sites is 5. The van der Waals surface area contributed by atoms with Crippen LogP contribution < -0.4 is 24.6 Å². The molecule has 3 aromatic rings. The Labute approximate surface area is 205 Å². The number of carbonyl (C=O) groups excluding carboxylic acids is 1. The summed E-state index contributed by atoms with van der Waals surface area (Å²) in [6.07, 6.45) is 0.833. The second-order valence-electron chi connectivity index (χ2n) is 8.62. The summed E-state index contributed by atoms with van der Waals surface area (Å²) in [5.74, 6) is 1.93. The standard InChI is InChI=1S/C27H30N4O4/c1-34-23-11-4-2-8-20(23)30-18-16-29(17-19-30)15-7-14-28-27(33)31-21-9-3-5-12-24(21)35-25-13-6-10-22(32)26(25)31/h2-6,8-13,32H,7,14-19H2,1H3,(H,28,33). The van der Waals surface area contributed by atoms with Gasteiger partial charge >= 0.3 is 6.03 Å². The first-order chi connectivity index (χ1) is 17.2. The number of methoxy groups -OCH3 is 1. The van der Waals surface area contributed by atoms with Gasteiger partial charge in [-0.3, -0.25) is 9.80 Å². The van der Waals surface area contributed by atoms with E-state index in [1.165, 1.54) is 4.90 Å². The van der Waals surface area contributed by atoms with Crippen molar-refractivity contribution < 1.29 is 19.4 Å². The normalized spacial score (nSPS) is 15.1. The van der Waals surface area contributed by atoms with Crippen molar-refractivity contribution in [2.45, 2.75) is 6.42 Å². The fraction of sp³-hybridized carbons (Fsp3) is 0.296. The molecule has 3 aromatic carbocycles. The first kappa shape index (κ1) is 22.9. The van der Waals surface area contributed by atoms with Crippen molar-refractivity contribution in [3.63, 3.8) is 0 Å². The Kier molecular flexibility index (Phi) is 6.63. The number of nitrogens with one attached hydrogen (secondary N) is 1. The summed E-state index contributed by atoms with van der Waals surface area (Å²) in [6, 6.07) is 20.2. The summed E-state index contributed by atoms with van der Waals surface area (Å²) in [7, 11) is 1.71. The van der Waals surface area contributed by atoms with E-state index in [0.717, 1.165) is 50.6 Å². The number of phenolic OH excluding ortho intramolecular Hbond substituents is 1. The summed E-state index contributed by atoms with van der Waals surface area (Å²) in [5, 5.41) is 13.5. The molecule has 8 heteroatoms. The van der Waals surface area contributed by atoms with E-state index in [-0.39, 0.29) is 11.8 Å². The molecule has 2 amide bonds. The average molecular weight is 475 g/mol. The van der Waals surface area contributed by atoms with Crippen molar-refractivity contribution in [1.82, 2.24) is 10.2 Å². The van der Waals surface area contributed by atoms with Crippen LogP contribution in [0.4, 0.5) is 21.9 Å². The van der Waals surface area contributed by atoms with Gasteiger partial charge in [-0.05, 0) is 49.4 Å². The molecule has 0 aromatic heterocycles. The molecule has 1 saturated heterocycles. The van der Waals surface area contributed by atoms with E-state index in [9.17, 15) is 9.90 Å². The minimum atomic E-state index is -0.288. The number of hydrogen-bond donors (Lipinski definition) is 2. The van der Waals surface area contributed by atoms with E-state index in [2.05, 4.69) is 21.2 Å². The van der Waals surface area contributed by atoms with Crippen molar-refractivity contribution in [2.24, 2.45) is 0 Å². The lowest BCUT2D eigenvalue weighted by Gasteiger charge is -2.36. The quantitative estimate of drug-likeness (QED) is 0.510. The molecule has 182 valence electrons. The molecule has 5 rings (SSSR count). The zero-order valence-electron chi connectivity index (χ0n) is 19.8. The van der Waals surface area contributed by atoms with Crippen molar-refractivity contribution in [1.29, 1.82) is 0 Å². The van der Waals surface area contributed by atoms with Gasteiger partial charge in [-0.1, -0.05) is 30.3 Å². The predicted molar refractivity (Wildman–Crippen MR) is 136 cm³/mol. The monoisotopic (exact) mass is 474 g/mol. The largest absolute Gasteiger partial charge is 0.506 e. The molecule has 2 aliphatic heterocycles. The number of carbonyl (C=O) groups is 1. The minimum Gasteiger partial charge on any atom is -0.506 e. The van der Waals surface area contributed by atoms with Gasteiger partial charge in [0.25, 0.3) is 0 Å². The zero-order chi connectivity index (χ0) is 24.2. The third kappa shape index (κ3) is 4.70. The molecule has 35 heavy (non-hydrogen) atoms. The van der Waals surface area contributed by atoms with Crippen molar-refractivity contribution in [3.8, 4) is 23.0 Å². The van der Waals surface area contributed by atoms with Gasteiger partial charge in [0.15, 0.2) is 11.5 Å². The van der Waals surface area contributed by atoms with Crippen LogP contribution in [0.2, 0.25) is 0 Å². The number of fused-ring (bicyclic) bond motifs is 2. The van der Waals surface area contributed by atoms with Gasteiger partial charge in [0.1, 0.15) is 17.2 Å². The zero-order valence-corrected chi connectivity index (χ0v) is 19.8. The van der Waals surface area contributed by atoms with Crippen LogP contribution in [-0.4, -0.2) is 62.4 Å². The third-order valence-electron chi connectivity index (χ3n) is 6.46. The molecule has 0 bridgehead atoms. The maximum atomic E-state index is 13.2. The molecule has 2 heterocycles. The van der Waals surface area contributed by atoms with Crippen LogP contribution in [0, 0.1) is 0 Å². The number of urea groups is 1. The first-order valence-electron chi connectivity index (χ1n) is 11.9. The SMILES string of the molecule is COc1ccccc1N1CCN(CCCNC(=O)N2c3ccccc3Oc3cccc(O)c32)CC1. The lowest BCUT2D eigenvalue weighted by Crippen LogP contribution is -2.47. The maximum Gasteiger partial charge on any atom is 0.326 e. The van der Waals surface area contributed by atoms with Crippen LogP contribution in [0.3, 0.4) is 0 Å². The van der Waals surface area contributed by atoms with Crippen LogP contribution in [-0.2, 0) is 0 Å². The molecule has 2 aliphatic rings. The summed E-state index contributed by atoms with van der Waals surface area (Å²) in [4.78, 5) is 19.5. The molecule has 8 nitrogen and oxygen atoms in total. The Morgan fingerprint density at radius 1 is 0.943 bits per heavy atom. The molecule has 0 aliphatic carbocycles. The second kappa shape index (κ2) is 10.1. The Balaban J connectivity index is 1.15. The topological polar surface area (TPSA) is 77.5 Å². The Hall–Kier alpha value is -3.91. The number of anilines is 3. The van der Waals surface area contributed by atoms with Gasteiger partial charge in [0.05, 0.1) is 18.5 Å². The van der Waals surface area contributed by atoms with Crippen LogP contribution >= 0.6 is 0 Å². The molecule has 0 atom stereocenters. The van der Waals surface area contributed by atoms with Gasteiger partial charge < -0.3 is 24.8 Å². The fourth-order valence-electron chi connectivity index (χ4n) is 4.68. The van der Waals surface area contributed by atoms with Crippen LogP contribution in [0.5, 0.6) is 23.0 Å². The van der Waals surface area contributed by atoms with Gasteiger partial charge in [-0.2, -0.15) is 0 Å². The number of rotatable bonds is 6. The van der Waals surface area contributed by atoms with E-state index in [0.29, 0.717) is 29.4 Å². The van der Waals surface area contributed by atoms with Gasteiger partial charge in [-0.25, -0.2) is 4.79 Å². The number of phenols is 1. The van der Waals surface area contributed by atoms with Crippen LogP contribution in [0.25, 0.3) is 0 Å². The number of nitrogens with zero attached hydrogens (tertiary/aromatic N) is 3. The molecule has 0 unspecified atom stereocenters. The number of ether oxygens (including phenoxy) is 2. The van der Waals surface area contributed by atoms with Crippen LogP contribution in [0.15, 0.2) is 66.7 Å². The summed E-state index contributed by atoms with van der Waals surface area (Å²) in [6.45, 7) is 5.24. The van der Waals surface area contributed by atoms with Gasteiger partial charge in [0, 0.05) is 32.7 Å². The number of amides is 2. The lowest BCUT2D eigenvalue weighted by molar-refractivity contribution is 0.241. The summed E-state index contributed by atoms with van der Waals surface area (Å²) >= 11 is 0. The Morgan fingerprint density at radius 2 is 1.66 bits per heavy atom. The first-order valence-corrected chi connectivity index (χ1v) is 11.9. The molecular formula is C27H30N4O4. The number of piperazine rings is 1. The molecule has 0 radical (unpaired) electrons. The van der Waals surface area contributed by atoms with E-state index in [1.54, 1.807) is 25.3 Å². The summed E-state index contributed by atoms with van der Waals surface area (Å²) < 4.78 is 11.4. The minimum absolute atomic E-state index is 0.0000653. The van der Waals surface area contributed by atoms with Crippen LogP contribution in [0.1, 0.15) is 6.42 Å². The van der Waals surface area contributed by atoms with Crippen molar-refractivity contribution in [3.05, 3.63) is 66.7 Å². The predicted octanol–water partition coefficient (Wildman–Crippen LogP) is 4.57. The highest BCUT2D eigenvalue weighted by atomic mass is 16.5. The number of benzene rings is 3. The highest BCUT2D eigenvalue weighted by Gasteiger charge is 2.31. The lowest BCUT2D eigenvalue weighted by atomic mass is 10.1. The Bertz CT molecular complexity index is 1190. The average Bonchev–Trinajstić information content (AvgIpc) is 2.90. The molecule has 0 saturated carbocycles. The van der Waals surface area contributed by atoms with Crippen molar-refractivity contribution in [2.75, 3.05) is 56.2 Å². The molecule has 0 spiro atoms. The van der Waals surface area contributed by atoms with E-state index >= 15 is 0 Å². The van der Waals surface area contributed by atoms with E-state index in [1.807, 2.05) is 42.5 Å².